The van der Waals surface area contributed by atoms with Gasteiger partial charge in [-0.05, 0) is 67.3 Å². The monoisotopic (exact) mass is 319 g/mol. The molecule has 0 amide bonds. The molecule has 0 saturated heterocycles. The molecule has 0 aliphatic heterocycles. The number of aryl methyl sites for hydroxylation is 1. The van der Waals surface area contributed by atoms with E-state index in [0.29, 0.717) is 0 Å². The van der Waals surface area contributed by atoms with Gasteiger partial charge in [-0.1, -0.05) is 6.07 Å². The quantitative estimate of drug-likeness (QED) is 0.709. The van der Waals surface area contributed by atoms with Crippen LogP contribution in [0.5, 0.6) is 5.75 Å². The Morgan fingerprint density at radius 1 is 1.17 bits per heavy atom. The molecular weight excluding hydrogens is 298 g/mol. The first-order valence-electron chi connectivity index (χ1n) is 8.25. The maximum atomic E-state index is 5.84. The van der Waals surface area contributed by atoms with Crippen LogP contribution in [0, 0.1) is 6.92 Å². The SMILES string of the molecule is COc1ccc(C)c2c1C(Nc1ccc3cc(N)ccc3n1)CC2. The number of rotatable bonds is 3. The Balaban J connectivity index is 1.69. The molecule has 1 unspecified atom stereocenters. The van der Waals surface area contributed by atoms with Gasteiger partial charge in [-0.25, -0.2) is 4.98 Å². The van der Waals surface area contributed by atoms with E-state index in [-0.39, 0.29) is 6.04 Å². The number of hydrogen-bond acceptors (Lipinski definition) is 4. The Bertz CT molecular complexity index is 920. The molecule has 2 aromatic carbocycles. The predicted octanol–water partition coefficient (Wildman–Crippen LogP) is 4.23. The molecule has 0 radical (unpaired) electrons. The molecule has 4 rings (SSSR count). The lowest BCUT2D eigenvalue weighted by Crippen LogP contribution is -2.10. The number of nitrogens with one attached hydrogen (secondary N) is 1. The Morgan fingerprint density at radius 2 is 2.04 bits per heavy atom. The van der Waals surface area contributed by atoms with Crippen molar-refractivity contribution in [2.75, 3.05) is 18.2 Å². The summed E-state index contributed by atoms with van der Waals surface area (Å²) in [5.41, 5.74) is 11.6. The van der Waals surface area contributed by atoms with Gasteiger partial charge in [0.1, 0.15) is 11.6 Å². The van der Waals surface area contributed by atoms with Gasteiger partial charge in [-0.3, -0.25) is 0 Å². The highest BCUT2D eigenvalue weighted by Gasteiger charge is 2.27. The number of benzene rings is 2. The highest BCUT2D eigenvalue weighted by atomic mass is 16.5. The minimum Gasteiger partial charge on any atom is -0.496 e. The zero-order chi connectivity index (χ0) is 16.7. The fourth-order valence-electron chi connectivity index (χ4n) is 3.62. The maximum absolute atomic E-state index is 5.84. The molecule has 24 heavy (non-hydrogen) atoms. The van der Waals surface area contributed by atoms with E-state index in [0.717, 1.165) is 41.0 Å². The third kappa shape index (κ3) is 2.44. The smallest absolute Gasteiger partial charge is 0.127 e. The second kappa shape index (κ2) is 5.71. The second-order valence-corrected chi connectivity index (χ2v) is 6.36. The zero-order valence-corrected chi connectivity index (χ0v) is 14.0. The standard InChI is InChI=1S/C20H21N3O/c1-12-3-9-18(24-2)20-15(12)6-8-17(20)23-19-10-4-13-11-14(21)5-7-16(13)22-19/h3-5,7,9-11,17H,6,8,21H2,1-2H3,(H,22,23). The molecular formula is C20H21N3O. The molecule has 0 spiro atoms. The summed E-state index contributed by atoms with van der Waals surface area (Å²) >= 11 is 0. The van der Waals surface area contributed by atoms with Gasteiger partial charge in [0.2, 0.25) is 0 Å². The first-order valence-corrected chi connectivity index (χ1v) is 8.25. The van der Waals surface area contributed by atoms with Gasteiger partial charge in [0, 0.05) is 16.6 Å². The van der Waals surface area contributed by atoms with E-state index in [2.05, 4.69) is 30.4 Å². The van der Waals surface area contributed by atoms with Crippen molar-refractivity contribution in [2.45, 2.75) is 25.8 Å². The van der Waals surface area contributed by atoms with Crippen molar-refractivity contribution < 1.29 is 4.74 Å². The van der Waals surface area contributed by atoms with E-state index in [4.69, 9.17) is 15.5 Å². The van der Waals surface area contributed by atoms with Crippen LogP contribution in [0.1, 0.15) is 29.2 Å². The van der Waals surface area contributed by atoms with Crippen molar-refractivity contribution in [2.24, 2.45) is 0 Å². The van der Waals surface area contributed by atoms with Gasteiger partial charge in [-0.2, -0.15) is 0 Å². The number of fused-ring (bicyclic) bond motifs is 2. The number of ether oxygens (including phenoxy) is 1. The summed E-state index contributed by atoms with van der Waals surface area (Å²) < 4.78 is 5.59. The van der Waals surface area contributed by atoms with Gasteiger partial charge in [0.05, 0.1) is 18.7 Å². The Labute approximate surface area is 141 Å². The van der Waals surface area contributed by atoms with Crippen LogP contribution >= 0.6 is 0 Å². The van der Waals surface area contributed by atoms with Crippen molar-refractivity contribution in [1.82, 2.24) is 4.98 Å². The molecule has 122 valence electrons. The van der Waals surface area contributed by atoms with E-state index in [1.165, 1.54) is 16.7 Å². The largest absolute Gasteiger partial charge is 0.496 e. The lowest BCUT2D eigenvalue weighted by atomic mass is 10.0. The number of nitrogens with two attached hydrogens (primary N) is 1. The number of methoxy groups -OCH3 is 1. The Morgan fingerprint density at radius 3 is 2.88 bits per heavy atom. The first kappa shape index (κ1) is 14.8. The third-order valence-electron chi connectivity index (χ3n) is 4.84. The number of pyridine rings is 1. The molecule has 1 aliphatic carbocycles. The van der Waals surface area contributed by atoms with Crippen molar-refractivity contribution in [1.29, 1.82) is 0 Å². The number of hydrogen-bond donors (Lipinski definition) is 2. The van der Waals surface area contributed by atoms with E-state index >= 15 is 0 Å². The average molecular weight is 319 g/mol. The highest BCUT2D eigenvalue weighted by molar-refractivity contribution is 5.83. The summed E-state index contributed by atoms with van der Waals surface area (Å²) in [4.78, 5) is 4.72. The van der Waals surface area contributed by atoms with Crippen LogP contribution in [-0.4, -0.2) is 12.1 Å². The molecule has 1 aromatic heterocycles. The van der Waals surface area contributed by atoms with Gasteiger partial charge >= 0.3 is 0 Å². The molecule has 1 heterocycles. The van der Waals surface area contributed by atoms with E-state index < -0.39 is 0 Å². The molecule has 0 saturated carbocycles. The number of anilines is 2. The van der Waals surface area contributed by atoms with Crippen molar-refractivity contribution in [3.63, 3.8) is 0 Å². The summed E-state index contributed by atoms with van der Waals surface area (Å²) in [6, 6.07) is 14.3. The lowest BCUT2D eigenvalue weighted by molar-refractivity contribution is 0.408. The fourth-order valence-corrected chi connectivity index (χ4v) is 3.62. The molecule has 0 bridgehead atoms. The van der Waals surface area contributed by atoms with Crippen LogP contribution in [0.25, 0.3) is 10.9 Å². The number of aromatic nitrogens is 1. The van der Waals surface area contributed by atoms with Gasteiger partial charge in [-0.15, -0.1) is 0 Å². The van der Waals surface area contributed by atoms with Crippen LogP contribution < -0.4 is 15.8 Å². The van der Waals surface area contributed by atoms with Gasteiger partial charge in [0.25, 0.3) is 0 Å². The van der Waals surface area contributed by atoms with E-state index in [1.54, 1.807) is 7.11 Å². The fraction of sp³-hybridized carbons (Fsp3) is 0.250. The van der Waals surface area contributed by atoms with Crippen molar-refractivity contribution in [3.8, 4) is 5.75 Å². The summed E-state index contributed by atoms with van der Waals surface area (Å²) in [7, 11) is 1.74. The third-order valence-corrected chi connectivity index (χ3v) is 4.84. The highest BCUT2D eigenvalue weighted by Crippen LogP contribution is 2.41. The van der Waals surface area contributed by atoms with Gasteiger partial charge < -0.3 is 15.8 Å². The minimum atomic E-state index is 0.230. The van der Waals surface area contributed by atoms with Crippen LogP contribution in [-0.2, 0) is 6.42 Å². The summed E-state index contributed by atoms with van der Waals surface area (Å²) in [6.45, 7) is 2.17. The van der Waals surface area contributed by atoms with Crippen LogP contribution in [0.2, 0.25) is 0 Å². The van der Waals surface area contributed by atoms with E-state index in [1.807, 2.05) is 24.3 Å². The van der Waals surface area contributed by atoms with Crippen LogP contribution in [0.3, 0.4) is 0 Å². The molecule has 3 N–H and O–H groups in total. The summed E-state index contributed by atoms with van der Waals surface area (Å²) in [5, 5.41) is 4.64. The lowest BCUT2D eigenvalue weighted by Gasteiger charge is -2.18. The van der Waals surface area contributed by atoms with Gasteiger partial charge in [0.15, 0.2) is 0 Å². The predicted molar refractivity (Wildman–Crippen MR) is 98.6 cm³/mol. The minimum absolute atomic E-state index is 0.230. The first-order chi connectivity index (χ1) is 11.7. The average Bonchev–Trinajstić information content (AvgIpc) is 3.00. The Hall–Kier alpha value is -2.75. The normalized spacial score (nSPS) is 16.2. The molecule has 1 atom stereocenters. The maximum Gasteiger partial charge on any atom is 0.127 e. The van der Waals surface area contributed by atoms with Crippen LogP contribution in [0.4, 0.5) is 11.5 Å². The molecule has 1 aliphatic rings. The van der Waals surface area contributed by atoms with Crippen molar-refractivity contribution >= 4 is 22.4 Å². The number of nitrogen functional groups attached to an aromatic ring is 1. The topological polar surface area (TPSA) is 60.2 Å². The Kier molecular flexibility index (Phi) is 3.53. The van der Waals surface area contributed by atoms with Crippen molar-refractivity contribution in [3.05, 3.63) is 59.2 Å². The molecule has 0 fully saturated rings. The van der Waals surface area contributed by atoms with E-state index in [9.17, 15) is 0 Å². The van der Waals surface area contributed by atoms with Crippen LogP contribution in [0.15, 0.2) is 42.5 Å². The zero-order valence-electron chi connectivity index (χ0n) is 14.0. The molecule has 4 heteroatoms. The number of nitrogens with zero attached hydrogens (tertiary/aromatic N) is 1. The molecule has 4 nitrogen and oxygen atoms in total. The second-order valence-electron chi connectivity index (χ2n) is 6.36. The summed E-state index contributed by atoms with van der Waals surface area (Å²) in [5.74, 6) is 1.84. The summed E-state index contributed by atoms with van der Waals surface area (Å²) in [6.07, 6.45) is 2.12. The molecule has 3 aromatic rings.